The average molecular weight is 726 g/mol. The highest BCUT2D eigenvalue weighted by Gasteiger charge is 2.18. The van der Waals surface area contributed by atoms with Crippen LogP contribution in [0.3, 0.4) is 0 Å². The molecule has 0 aliphatic heterocycles. The fourth-order valence-electron chi connectivity index (χ4n) is 8.22. The quantitative estimate of drug-likeness (QED) is 0.151. The first kappa shape index (κ1) is 34.0. The maximum absolute atomic E-state index is 2.39. The Morgan fingerprint density at radius 1 is 0.228 bits per heavy atom. The standard InChI is InChI=1S/C56H39N/c1-3-15-42(16-4-1)53-37-32-47(39-55(53)48-27-26-40-14-7-8-20-46(40)38-48)41-28-33-49(34-29-41)57(56-25-12-11-23-54(56)44-17-5-2-6-18-44)50-35-30-45(31-36-50)52-24-13-21-43-19-9-10-22-51(43)52/h1-39H. The summed E-state index contributed by atoms with van der Waals surface area (Å²) >= 11 is 0. The Kier molecular flexibility index (Phi) is 8.95. The van der Waals surface area contributed by atoms with Gasteiger partial charge in [-0.1, -0.05) is 194 Å². The van der Waals surface area contributed by atoms with Gasteiger partial charge in [0.1, 0.15) is 0 Å². The minimum atomic E-state index is 1.09. The molecule has 10 aromatic carbocycles. The Hall–Kier alpha value is -7.48. The molecule has 0 fully saturated rings. The first-order chi connectivity index (χ1) is 28.3. The average Bonchev–Trinajstić information content (AvgIpc) is 3.30. The molecule has 57 heavy (non-hydrogen) atoms. The number of rotatable bonds is 8. The topological polar surface area (TPSA) is 3.24 Å². The lowest BCUT2D eigenvalue weighted by Gasteiger charge is -2.28. The summed E-state index contributed by atoms with van der Waals surface area (Å²) in [6.45, 7) is 0. The van der Waals surface area contributed by atoms with Crippen LogP contribution in [0.1, 0.15) is 0 Å². The van der Waals surface area contributed by atoms with Crippen molar-refractivity contribution in [3.8, 4) is 55.6 Å². The van der Waals surface area contributed by atoms with Gasteiger partial charge in [-0.25, -0.2) is 0 Å². The molecule has 268 valence electrons. The third-order valence-corrected chi connectivity index (χ3v) is 11.1. The SMILES string of the molecule is c1ccc(-c2ccc(-c3ccc(N(c4ccc(-c5cccc6ccccc56)cc4)c4ccccc4-c4ccccc4)cc3)cc2-c2ccc3ccccc3c2)cc1. The molecule has 0 atom stereocenters. The first-order valence-electron chi connectivity index (χ1n) is 19.6. The summed E-state index contributed by atoms with van der Waals surface area (Å²) < 4.78 is 0. The summed E-state index contributed by atoms with van der Waals surface area (Å²) in [4.78, 5) is 2.39. The van der Waals surface area contributed by atoms with Crippen molar-refractivity contribution in [1.29, 1.82) is 0 Å². The van der Waals surface area contributed by atoms with Gasteiger partial charge >= 0.3 is 0 Å². The molecule has 0 aliphatic carbocycles. The van der Waals surface area contributed by atoms with Crippen LogP contribution in [0.2, 0.25) is 0 Å². The second-order valence-electron chi connectivity index (χ2n) is 14.5. The van der Waals surface area contributed by atoms with Crippen molar-refractivity contribution in [2.75, 3.05) is 4.90 Å². The predicted octanol–water partition coefficient (Wildman–Crippen LogP) is 15.8. The lowest BCUT2D eigenvalue weighted by molar-refractivity contribution is 1.28. The van der Waals surface area contributed by atoms with Crippen LogP contribution < -0.4 is 4.90 Å². The Balaban J connectivity index is 1.07. The van der Waals surface area contributed by atoms with Gasteiger partial charge in [0.2, 0.25) is 0 Å². The van der Waals surface area contributed by atoms with E-state index in [2.05, 4.69) is 241 Å². The van der Waals surface area contributed by atoms with Crippen molar-refractivity contribution >= 4 is 38.6 Å². The van der Waals surface area contributed by atoms with Gasteiger partial charge in [0.15, 0.2) is 0 Å². The maximum Gasteiger partial charge on any atom is 0.0540 e. The highest BCUT2D eigenvalue weighted by molar-refractivity contribution is 5.98. The smallest absolute Gasteiger partial charge is 0.0540 e. The Labute approximate surface area is 334 Å². The van der Waals surface area contributed by atoms with Crippen molar-refractivity contribution in [3.63, 3.8) is 0 Å². The molecule has 0 N–H and O–H groups in total. The van der Waals surface area contributed by atoms with E-state index in [0.717, 1.165) is 17.1 Å². The van der Waals surface area contributed by atoms with Gasteiger partial charge in [-0.05, 0) is 114 Å². The summed E-state index contributed by atoms with van der Waals surface area (Å²) in [5.41, 5.74) is 15.3. The normalized spacial score (nSPS) is 11.2. The van der Waals surface area contributed by atoms with Gasteiger partial charge in [-0.3, -0.25) is 0 Å². The third kappa shape index (κ3) is 6.66. The van der Waals surface area contributed by atoms with Crippen LogP contribution in [0.4, 0.5) is 17.1 Å². The van der Waals surface area contributed by atoms with E-state index in [1.807, 2.05) is 0 Å². The summed E-state index contributed by atoms with van der Waals surface area (Å²) in [5, 5.41) is 4.99. The molecule has 0 spiro atoms. The number of fused-ring (bicyclic) bond motifs is 2. The van der Waals surface area contributed by atoms with Crippen LogP contribution >= 0.6 is 0 Å². The fourth-order valence-corrected chi connectivity index (χ4v) is 8.22. The van der Waals surface area contributed by atoms with Crippen molar-refractivity contribution in [3.05, 3.63) is 237 Å². The zero-order valence-electron chi connectivity index (χ0n) is 31.5. The van der Waals surface area contributed by atoms with Gasteiger partial charge in [-0.2, -0.15) is 0 Å². The number of para-hydroxylation sites is 1. The zero-order valence-corrected chi connectivity index (χ0v) is 31.5. The van der Waals surface area contributed by atoms with Crippen LogP contribution in [0.15, 0.2) is 237 Å². The second-order valence-corrected chi connectivity index (χ2v) is 14.5. The highest BCUT2D eigenvalue weighted by Crippen LogP contribution is 2.43. The second kappa shape index (κ2) is 15.0. The van der Waals surface area contributed by atoms with Crippen molar-refractivity contribution in [2.24, 2.45) is 0 Å². The maximum atomic E-state index is 2.39. The first-order valence-corrected chi connectivity index (χ1v) is 19.6. The largest absolute Gasteiger partial charge is 0.310 e. The van der Waals surface area contributed by atoms with E-state index < -0.39 is 0 Å². The molecule has 0 radical (unpaired) electrons. The van der Waals surface area contributed by atoms with Gasteiger partial charge in [0, 0.05) is 16.9 Å². The van der Waals surface area contributed by atoms with E-state index in [4.69, 9.17) is 0 Å². The van der Waals surface area contributed by atoms with Crippen LogP contribution in [-0.2, 0) is 0 Å². The van der Waals surface area contributed by atoms with Crippen LogP contribution in [0, 0.1) is 0 Å². The molecule has 0 bridgehead atoms. The Morgan fingerprint density at radius 2 is 0.737 bits per heavy atom. The molecule has 0 unspecified atom stereocenters. The van der Waals surface area contributed by atoms with Crippen molar-refractivity contribution in [2.45, 2.75) is 0 Å². The summed E-state index contributed by atoms with van der Waals surface area (Å²) in [7, 11) is 0. The Morgan fingerprint density at radius 3 is 1.47 bits per heavy atom. The zero-order chi connectivity index (χ0) is 38.0. The molecular formula is C56H39N. The molecule has 0 saturated heterocycles. The molecule has 0 heterocycles. The number of benzene rings is 10. The predicted molar refractivity (Wildman–Crippen MR) is 243 cm³/mol. The molecule has 0 aromatic heterocycles. The molecule has 1 heteroatoms. The van der Waals surface area contributed by atoms with E-state index in [9.17, 15) is 0 Å². The highest BCUT2D eigenvalue weighted by atomic mass is 15.1. The van der Waals surface area contributed by atoms with E-state index in [1.54, 1.807) is 0 Å². The number of nitrogens with zero attached hydrogens (tertiary/aromatic N) is 1. The molecule has 0 saturated carbocycles. The lowest BCUT2D eigenvalue weighted by Crippen LogP contribution is -2.11. The lowest BCUT2D eigenvalue weighted by atomic mass is 9.90. The number of anilines is 3. The minimum absolute atomic E-state index is 1.09. The third-order valence-electron chi connectivity index (χ3n) is 11.1. The fraction of sp³-hybridized carbons (Fsp3) is 0. The van der Waals surface area contributed by atoms with Crippen LogP contribution in [0.25, 0.3) is 77.2 Å². The van der Waals surface area contributed by atoms with E-state index in [1.165, 1.54) is 77.2 Å². The molecular weight excluding hydrogens is 687 g/mol. The van der Waals surface area contributed by atoms with Gasteiger partial charge in [-0.15, -0.1) is 0 Å². The molecule has 10 aromatic rings. The van der Waals surface area contributed by atoms with Gasteiger partial charge < -0.3 is 4.90 Å². The number of hydrogen-bond acceptors (Lipinski definition) is 1. The summed E-state index contributed by atoms with van der Waals surface area (Å²) in [6.07, 6.45) is 0. The molecule has 0 amide bonds. The molecule has 1 nitrogen and oxygen atoms in total. The van der Waals surface area contributed by atoms with E-state index in [-0.39, 0.29) is 0 Å². The minimum Gasteiger partial charge on any atom is -0.310 e. The summed E-state index contributed by atoms with van der Waals surface area (Å²) in [6, 6.07) is 85.6. The monoisotopic (exact) mass is 725 g/mol. The van der Waals surface area contributed by atoms with Crippen molar-refractivity contribution < 1.29 is 0 Å². The number of hydrogen-bond donors (Lipinski definition) is 0. The van der Waals surface area contributed by atoms with E-state index in [0.29, 0.717) is 0 Å². The van der Waals surface area contributed by atoms with E-state index >= 15 is 0 Å². The van der Waals surface area contributed by atoms with Gasteiger partial charge in [0.25, 0.3) is 0 Å². The van der Waals surface area contributed by atoms with Crippen LogP contribution in [-0.4, -0.2) is 0 Å². The molecule has 0 aliphatic rings. The Bertz CT molecular complexity index is 2980. The molecule has 10 rings (SSSR count). The van der Waals surface area contributed by atoms with Crippen molar-refractivity contribution in [1.82, 2.24) is 0 Å². The van der Waals surface area contributed by atoms with Crippen LogP contribution in [0.5, 0.6) is 0 Å². The van der Waals surface area contributed by atoms with Gasteiger partial charge in [0.05, 0.1) is 5.69 Å². The summed E-state index contributed by atoms with van der Waals surface area (Å²) in [5.74, 6) is 0.